The van der Waals surface area contributed by atoms with Gasteiger partial charge in [-0.25, -0.2) is 0 Å². The second-order valence-electron chi connectivity index (χ2n) is 4.83. The lowest BCUT2D eigenvalue weighted by Gasteiger charge is -2.27. The first-order chi connectivity index (χ1) is 9.09. The standard InChI is InChI=1S/C17H20O2/c1-4-13-10-11-16(19-3)15(12-13)17(2,18)14-8-6-5-7-9-14/h5-12,18H,4H2,1-3H3/t17-/m0/s1. The van der Waals surface area contributed by atoms with E-state index in [2.05, 4.69) is 6.92 Å². The zero-order valence-corrected chi connectivity index (χ0v) is 11.7. The van der Waals surface area contributed by atoms with Crippen LogP contribution < -0.4 is 4.74 Å². The Morgan fingerprint density at radius 1 is 1.11 bits per heavy atom. The topological polar surface area (TPSA) is 29.5 Å². The fraction of sp³-hybridized carbons (Fsp3) is 0.294. The van der Waals surface area contributed by atoms with Crippen molar-refractivity contribution in [3.8, 4) is 5.75 Å². The van der Waals surface area contributed by atoms with Gasteiger partial charge in [0.15, 0.2) is 0 Å². The summed E-state index contributed by atoms with van der Waals surface area (Å²) in [5.74, 6) is 0.714. The molecule has 1 atom stereocenters. The highest BCUT2D eigenvalue weighted by molar-refractivity contribution is 5.46. The Morgan fingerprint density at radius 3 is 2.37 bits per heavy atom. The first-order valence-electron chi connectivity index (χ1n) is 6.55. The molecule has 0 aliphatic carbocycles. The van der Waals surface area contributed by atoms with Crippen molar-refractivity contribution in [1.29, 1.82) is 0 Å². The van der Waals surface area contributed by atoms with E-state index in [9.17, 15) is 5.11 Å². The molecular formula is C17H20O2. The molecule has 0 aliphatic rings. The Bertz CT molecular complexity index is 544. The molecule has 0 bridgehead atoms. The summed E-state index contributed by atoms with van der Waals surface area (Å²) in [4.78, 5) is 0. The number of aliphatic hydroxyl groups is 1. The zero-order valence-electron chi connectivity index (χ0n) is 11.7. The van der Waals surface area contributed by atoms with E-state index < -0.39 is 5.60 Å². The lowest BCUT2D eigenvalue weighted by Crippen LogP contribution is -2.23. The molecule has 0 saturated carbocycles. The Morgan fingerprint density at radius 2 is 1.79 bits per heavy atom. The predicted molar refractivity (Wildman–Crippen MR) is 77.5 cm³/mol. The summed E-state index contributed by atoms with van der Waals surface area (Å²) in [6, 6.07) is 15.6. The molecule has 2 rings (SSSR count). The lowest BCUT2D eigenvalue weighted by molar-refractivity contribution is 0.0988. The van der Waals surface area contributed by atoms with Crippen LogP contribution >= 0.6 is 0 Å². The molecule has 0 fully saturated rings. The molecule has 1 N–H and O–H groups in total. The highest BCUT2D eigenvalue weighted by Crippen LogP contribution is 2.35. The second kappa shape index (κ2) is 5.45. The van der Waals surface area contributed by atoms with Gasteiger partial charge in [-0.3, -0.25) is 0 Å². The minimum atomic E-state index is -1.06. The molecule has 0 aliphatic heterocycles. The lowest BCUT2D eigenvalue weighted by atomic mass is 9.86. The Balaban J connectivity index is 2.56. The van der Waals surface area contributed by atoms with Crippen molar-refractivity contribution < 1.29 is 9.84 Å². The fourth-order valence-electron chi connectivity index (χ4n) is 2.27. The highest BCUT2D eigenvalue weighted by Gasteiger charge is 2.29. The van der Waals surface area contributed by atoms with Crippen molar-refractivity contribution in [3.05, 3.63) is 65.2 Å². The Hall–Kier alpha value is -1.80. The summed E-state index contributed by atoms with van der Waals surface area (Å²) in [7, 11) is 1.63. The predicted octanol–water partition coefficient (Wildman–Crippen LogP) is 3.51. The molecule has 19 heavy (non-hydrogen) atoms. The number of rotatable bonds is 4. The largest absolute Gasteiger partial charge is 0.496 e. The van der Waals surface area contributed by atoms with Gasteiger partial charge >= 0.3 is 0 Å². The average molecular weight is 256 g/mol. The van der Waals surface area contributed by atoms with Crippen molar-refractivity contribution in [2.24, 2.45) is 0 Å². The fourth-order valence-corrected chi connectivity index (χ4v) is 2.27. The number of ether oxygens (including phenoxy) is 1. The third-order valence-electron chi connectivity index (χ3n) is 3.53. The number of aryl methyl sites for hydroxylation is 1. The van der Waals surface area contributed by atoms with Crippen molar-refractivity contribution in [1.82, 2.24) is 0 Å². The molecule has 0 amide bonds. The second-order valence-corrected chi connectivity index (χ2v) is 4.83. The van der Waals surface area contributed by atoms with Gasteiger partial charge in [0.2, 0.25) is 0 Å². The Labute approximate surface area is 114 Å². The van der Waals surface area contributed by atoms with Gasteiger partial charge < -0.3 is 9.84 Å². The smallest absolute Gasteiger partial charge is 0.125 e. The average Bonchev–Trinajstić information content (AvgIpc) is 2.47. The molecule has 0 heterocycles. The number of benzene rings is 2. The van der Waals surface area contributed by atoms with E-state index in [4.69, 9.17) is 4.74 Å². The minimum absolute atomic E-state index is 0.714. The minimum Gasteiger partial charge on any atom is -0.496 e. The van der Waals surface area contributed by atoms with Crippen LogP contribution in [0, 0.1) is 0 Å². The molecule has 0 unspecified atom stereocenters. The summed E-state index contributed by atoms with van der Waals surface area (Å²) >= 11 is 0. The van der Waals surface area contributed by atoms with Gasteiger partial charge in [-0.15, -0.1) is 0 Å². The van der Waals surface area contributed by atoms with Gasteiger partial charge in [0.25, 0.3) is 0 Å². The van der Waals surface area contributed by atoms with Gasteiger partial charge in [-0.1, -0.05) is 43.3 Å². The molecular weight excluding hydrogens is 236 g/mol. The van der Waals surface area contributed by atoms with Crippen LogP contribution in [0.5, 0.6) is 5.75 Å². The van der Waals surface area contributed by atoms with Gasteiger partial charge in [0.05, 0.1) is 7.11 Å². The molecule has 0 spiro atoms. The van der Waals surface area contributed by atoms with Crippen LogP contribution in [0.15, 0.2) is 48.5 Å². The molecule has 2 aromatic rings. The quantitative estimate of drug-likeness (QED) is 0.907. The van der Waals surface area contributed by atoms with Crippen molar-refractivity contribution in [2.75, 3.05) is 7.11 Å². The third-order valence-corrected chi connectivity index (χ3v) is 3.53. The molecule has 0 radical (unpaired) electrons. The van der Waals surface area contributed by atoms with Gasteiger partial charge in [-0.2, -0.15) is 0 Å². The number of methoxy groups -OCH3 is 1. The molecule has 2 aromatic carbocycles. The van der Waals surface area contributed by atoms with Gasteiger partial charge in [0, 0.05) is 5.56 Å². The zero-order chi connectivity index (χ0) is 13.9. The van der Waals surface area contributed by atoms with Crippen molar-refractivity contribution >= 4 is 0 Å². The van der Waals surface area contributed by atoms with E-state index in [1.165, 1.54) is 5.56 Å². The van der Waals surface area contributed by atoms with Crippen LogP contribution in [0.25, 0.3) is 0 Å². The molecule has 2 nitrogen and oxygen atoms in total. The van der Waals surface area contributed by atoms with Crippen LogP contribution in [0.3, 0.4) is 0 Å². The monoisotopic (exact) mass is 256 g/mol. The maximum absolute atomic E-state index is 10.9. The van der Waals surface area contributed by atoms with E-state index in [0.29, 0.717) is 5.75 Å². The SMILES string of the molecule is CCc1ccc(OC)c([C@@](C)(O)c2ccccc2)c1. The van der Waals surface area contributed by atoms with E-state index >= 15 is 0 Å². The Kier molecular flexibility index (Phi) is 3.91. The summed E-state index contributed by atoms with van der Waals surface area (Å²) in [5, 5.41) is 10.9. The number of hydrogen-bond donors (Lipinski definition) is 1. The van der Waals surface area contributed by atoms with Crippen LogP contribution in [0.1, 0.15) is 30.5 Å². The summed E-state index contributed by atoms with van der Waals surface area (Å²) in [6.07, 6.45) is 0.932. The molecule has 0 saturated heterocycles. The first kappa shape index (κ1) is 13.6. The molecule has 2 heteroatoms. The van der Waals surface area contributed by atoms with E-state index in [1.807, 2.05) is 48.5 Å². The van der Waals surface area contributed by atoms with E-state index in [0.717, 1.165) is 17.5 Å². The first-order valence-corrected chi connectivity index (χ1v) is 6.55. The maximum Gasteiger partial charge on any atom is 0.125 e. The third kappa shape index (κ3) is 2.64. The summed E-state index contributed by atoms with van der Waals surface area (Å²) < 4.78 is 5.39. The maximum atomic E-state index is 10.9. The van der Waals surface area contributed by atoms with Crippen molar-refractivity contribution in [3.63, 3.8) is 0 Å². The summed E-state index contributed by atoms with van der Waals surface area (Å²) in [5.41, 5.74) is 1.80. The number of hydrogen-bond acceptors (Lipinski definition) is 2. The van der Waals surface area contributed by atoms with Crippen LogP contribution in [-0.2, 0) is 12.0 Å². The van der Waals surface area contributed by atoms with Crippen LogP contribution in [-0.4, -0.2) is 12.2 Å². The van der Waals surface area contributed by atoms with Crippen LogP contribution in [0.4, 0.5) is 0 Å². The van der Waals surface area contributed by atoms with Gasteiger partial charge in [0.1, 0.15) is 11.4 Å². The van der Waals surface area contributed by atoms with E-state index in [-0.39, 0.29) is 0 Å². The van der Waals surface area contributed by atoms with E-state index in [1.54, 1.807) is 14.0 Å². The normalized spacial score (nSPS) is 13.9. The molecule has 0 aromatic heterocycles. The summed E-state index contributed by atoms with van der Waals surface area (Å²) in [6.45, 7) is 3.91. The molecule has 100 valence electrons. The van der Waals surface area contributed by atoms with Gasteiger partial charge in [-0.05, 0) is 36.6 Å². The van der Waals surface area contributed by atoms with Crippen LogP contribution in [0.2, 0.25) is 0 Å². The van der Waals surface area contributed by atoms with Crippen molar-refractivity contribution in [2.45, 2.75) is 25.9 Å². The highest BCUT2D eigenvalue weighted by atomic mass is 16.5.